The normalized spacial score (nSPS) is 12.9. The summed E-state index contributed by atoms with van der Waals surface area (Å²) in [4.78, 5) is 0. The molecule has 0 spiro atoms. The maximum atomic E-state index is 8.63. The van der Waals surface area contributed by atoms with E-state index in [0.29, 0.717) is 0 Å². The van der Waals surface area contributed by atoms with E-state index in [-0.39, 0.29) is 11.1 Å². The van der Waals surface area contributed by atoms with Gasteiger partial charge in [0.25, 0.3) is 0 Å². The molecule has 0 aromatic heterocycles. The molecule has 1 unspecified atom stereocenters. The molecule has 48 valence electrons. The van der Waals surface area contributed by atoms with Crippen molar-refractivity contribution in [3.05, 3.63) is 0 Å². The van der Waals surface area contributed by atoms with E-state index in [9.17, 15) is 0 Å². The van der Waals surface area contributed by atoms with Crippen LogP contribution in [0.15, 0.2) is 0 Å². The van der Waals surface area contributed by atoms with Crippen LogP contribution in [0.2, 0.25) is 0 Å². The molecule has 1 N–H and O–H groups in total. The Morgan fingerprint density at radius 3 is 2.62 bits per heavy atom. The fourth-order valence-electron chi connectivity index (χ4n) is 0.174. The Hall–Kier alpha value is 0.140. The van der Waals surface area contributed by atoms with E-state index in [4.69, 9.17) is 16.7 Å². The Morgan fingerprint density at radius 1 is 2.00 bits per heavy atom. The molecule has 0 aliphatic rings. The van der Waals surface area contributed by atoms with E-state index in [1.54, 1.807) is 0 Å². The molecule has 8 heavy (non-hydrogen) atoms. The molecule has 0 saturated heterocycles. The van der Waals surface area contributed by atoms with Crippen LogP contribution in [0.25, 0.3) is 0 Å². The van der Waals surface area contributed by atoms with Crippen molar-refractivity contribution in [2.24, 2.45) is 0 Å². The van der Waals surface area contributed by atoms with Crippen LogP contribution >= 0.6 is 23.8 Å². The first-order valence-electron chi connectivity index (χ1n) is 2.09. The number of aliphatic hydroxyl groups excluding tert-OH is 1. The van der Waals surface area contributed by atoms with Gasteiger partial charge in [-0.15, -0.1) is 0 Å². The van der Waals surface area contributed by atoms with Crippen molar-refractivity contribution in [1.29, 1.82) is 0 Å². The highest BCUT2D eigenvalue weighted by Crippen LogP contribution is 1.90. The van der Waals surface area contributed by atoms with Gasteiger partial charge in [0.1, 0.15) is 6.10 Å². The second-order valence-electron chi connectivity index (χ2n) is 1.25. The number of hydrogen-bond donors (Lipinski definition) is 1. The largest absolute Gasteiger partial charge is 0.469 e. The zero-order valence-corrected chi connectivity index (χ0v) is 6.00. The van der Waals surface area contributed by atoms with Crippen LogP contribution in [-0.2, 0) is 4.74 Å². The Bertz CT molecular complexity index is 84.1. The van der Waals surface area contributed by atoms with E-state index in [1.807, 2.05) is 0 Å². The zero-order valence-electron chi connectivity index (χ0n) is 4.43. The van der Waals surface area contributed by atoms with Crippen molar-refractivity contribution in [3.63, 3.8) is 0 Å². The minimum Gasteiger partial charge on any atom is -0.469 e. The van der Waals surface area contributed by atoms with Crippen LogP contribution in [0.3, 0.4) is 0 Å². The Kier molecular flexibility index (Phi) is 4.13. The highest BCUT2D eigenvalue weighted by atomic mass is 35.5. The van der Waals surface area contributed by atoms with Crippen molar-refractivity contribution < 1.29 is 9.84 Å². The molecule has 0 heterocycles. The van der Waals surface area contributed by atoms with Crippen molar-refractivity contribution in [2.45, 2.75) is 13.0 Å². The van der Waals surface area contributed by atoms with E-state index in [2.05, 4.69) is 17.0 Å². The zero-order chi connectivity index (χ0) is 6.57. The van der Waals surface area contributed by atoms with Crippen LogP contribution in [0.1, 0.15) is 6.92 Å². The maximum absolute atomic E-state index is 8.63. The monoisotopic (exact) mass is 154 g/mol. The van der Waals surface area contributed by atoms with Gasteiger partial charge in [-0.3, -0.25) is 0 Å². The van der Waals surface area contributed by atoms with Gasteiger partial charge < -0.3 is 9.84 Å². The minimum atomic E-state index is -0.705. The summed E-state index contributed by atoms with van der Waals surface area (Å²) in [5.41, 5.74) is 0. The second-order valence-corrected chi connectivity index (χ2v) is 1.87. The first-order chi connectivity index (χ1) is 3.68. The molecule has 4 heteroatoms. The van der Waals surface area contributed by atoms with Gasteiger partial charge in [-0.25, -0.2) is 0 Å². The molecule has 1 atom stereocenters. The first-order valence-corrected chi connectivity index (χ1v) is 3.03. The van der Waals surface area contributed by atoms with E-state index in [1.165, 1.54) is 6.92 Å². The number of aliphatic hydroxyl groups is 1. The molecule has 0 rings (SSSR count). The lowest BCUT2D eigenvalue weighted by molar-refractivity contribution is 0.222. The quantitative estimate of drug-likeness (QED) is 0.474. The lowest BCUT2D eigenvalue weighted by atomic mass is 10.4. The van der Waals surface area contributed by atoms with Gasteiger partial charge in [0.15, 0.2) is 11.1 Å². The molecule has 0 amide bonds. The fourth-order valence-corrected chi connectivity index (χ4v) is 0.416. The highest BCUT2D eigenvalue weighted by Gasteiger charge is 2.02. The number of rotatable bonds is 2. The van der Waals surface area contributed by atoms with Crippen LogP contribution in [0, 0.1) is 0 Å². The van der Waals surface area contributed by atoms with Crippen LogP contribution in [0.5, 0.6) is 0 Å². The Morgan fingerprint density at radius 2 is 2.50 bits per heavy atom. The van der Waals surface area contributed by atoms with Crippen molar-refractivity contribution in [2.75, 3.05) is 6.07 Å². The van der Waals surface area contributed by atoms with Crippen molar-refractivity contribution >= 4 is 28.9 Å². The number of hydrogen-bond acceptors (Lipinski definition) is 3. The fraction of sp³-hybridized carbons (Fsp3) is 0.750. The molecule has 0 fully saturated rings. The topological polar surface area (TPSA) is 29.5 Å². The summed E-state index contributed by atoms with van der Waals surface area (Å²) < 4.78 is 4.55. The molecule has 0 radical (unpaired) electrons. The van der Waals surface area contributed by atoms with Crippen molar-refractivity contribution in [3.8, 4) is 0 Å². The summed E-state index contributed by atoms with van der Waals surface area (Å²) in [6.45, 7) is 1.52. The summed E-state index contributed by atoms with van der Waals surface area (Å²) in [5, 5.41) is 8.77. The van der Waals surface area contributed by atoms with Crippen LogP contribution in [-0.4, -0.2) is 22.3 Å². The smallest absolute Gasteiger partial charge is 0.189 e. The molecule has 0 aliphatic heterocycles. The minimum absolute atomic E-state index is 0.00370. The SMILES string of the molecule is CC(O)C(=S)OCCl. The molecule has 0 aromatic rings. The highest BCUT2D eigenvalue weighted by molar-refractivity contribution is 7.80. The van der Waals surface area contributed by atoms with Gasteiger partial charge in [0.2, 0.25) is 0 Å². The molecule has 0 aromatic carbocycles. The Labute approximate surface area is 58.4 Å². The number of halogens is 1. The number of ether oxygens (including phenoxy) is 1. The lowest BCUT2D eigenvalue weighted by Gasteiger charge is -2.04. The number of thiocarbonyl (C=S) groups is 1. The molecule has 0 saturated carbocycles. The third-order valence-corrected chi connectivity index (χ3v) is 1.11. The predicted octanol–water partition coefficient (Wildman–Crippen LogP) is 0.907. The predicted molar refractivity (Wildman–Crippen MR) is 36.1 cm³/mol. The Balaban J connectivity index is 3.33. The second kappa shape index (κ2) is 4.06. The molecule has 0 aliphatic carbocycles. The van der Waals surface area contributed by atoms with Gasteiger partial charge in [-0.2, -0.15) is 0 Å². The van der Waals surface area contributed by atoms with Gasteiger partial charge in [-0.1, -0.05) is 11.6 Å². The molecule has 0 bridgehead atoms. The third-order valence-electron chi connectivity index (χ3n) is 0.538. The summed E-state index contributed by atoms with van der Waals surface area (Å²) in [6, 6.07) is 0.00370. The molecule has 2 nitrogen and oxygen atoms in total. The van der Waals surface area contributed by atoms with Gasteiger partial charge in [-0.05, 0) is 19.1 Å². The van der Waals surface area contributed by atoms with Gasteiger partial charge in [0.05, 0.1) is 0 Å². The number of alkyl halides is 1. The lowest BCUT2D eigenvalue weighted by Crippen LogP contribution is -2.16. The van der Waals surface area contributed by atoms with Crippen molar-refractivity contribution in [1.82, 2.24) is 0 Å². The average molecular weight is 155 g/mol. The van der Waals surface area contributed by atoms with E-state index in [0.717, 1.165) is 0 Å². The summed E-state index contributed by atoms with van der Waals surface area (Å²) in [7, 11) is 0. The summed E-state index contributed by atoms with van der Waals surface area (Å²) in [5.74, 6) is 0. The van der Waals surface area contributed by atoms with Gasteiger partial charge >= 0.3 is 0 Å². The van der Waals surface area contributed by atoms with Crippen LogP contribution in [0.4, 0.5) is 0 Å². The first kappa shape index (κ1) is 8.14. The summed E-state index contributed by atoms with van der Waals surface area (Å²) in [6.07, 6.45) is -0.705. The van der Waals surface area contributed by atoms with E-state index >= 15 is 0 Å². The molecular weight excluding hydrogens is 148 g/mol. The van der Waals surface area contributed by atoms with Gasteiger partial charge in [0, 0.05) is 0 Å². The van der Waals surface area contributed by atoms with Crippen LogP contribution < -0.4 is 0 Å². The molecular formula is C4H7ClO2S. The maximum Gasteiger partial charge on any atom is 0.189 e. The summed E-state index contributed by atoms with van der Waals surface area (Å²) >= 11 is 9.64. The third kappa shape index (κ3) is 3.18. The average Bonchev–Trinajstić information content (AvgIpc) is 1.67. The standard InChI is InChI=1S/C4H7ClO2S/c1-3(6)4(8)7-2-5/h3,6H,2H2,1H3. The van der Waals surface area contributed by atoms with E-state index < -0.39 is 6.10 Å².